The Morgan fingerprint density at radius 1 is 1.00 bits per heavy atom. The lowest BCUT2D eigenvalue weighted by atomic mass is 10.2. The second kappa shape index (κ2) is 6.53. The van der Waals surface area contributed by atoms with Crippen LogP contribution in [0, 0.1) is 17.5 Å². The molecule has 8 heteroatoms. The fourth-order valence-electron chi connectivity index (χ4n) is 2.05. The van der Waals surface area contributed by atoms with Crippen molar-refractivity contribution >= 4 is 17.5 Å². The molecule has 0 radical (unpaired) electrons. The number of aromatic nitrogens is 3. The molecule has 3 rings (SSSR count). The number of hydrogen-bond acceptors (Lipinski definition) is 5. The molecular formula is C16H12F3N5. The van der Waals surface area contributed by atoms with Crippen LogP contribution in [-0.2, 0) is 0 Å². The normalized spacial score (nSPS) is 10.5. The van der Waals surface area contributed by atoms with Gasteiger partial charge < -0.3 is 10.6 Å². The van der Waals surface area contributed by atoms with Crippen LogP contribution in [0.3, 0.4) is 0 Å². The maximum atomic E-state index is 13.8. The van der Waals surface area contributed by atoms with Crippen molar-refractivity contribution in [3.05, 3.63) is 60.2 Å². The van der Waals surface area contributed by atoms with Gasteiger partial charge in [0.1, 0.15) is 5.82 Å². The van der Waals surface area contributed by atoms with Gasteiger partial charge in [-0.25, -0.2) is 18.2 Å². The lowest BCUT2D eigenvalue weighted by Crippen LogP contribution is -2.04. The molecule has 0 amide bonds. The number of nitrogens with one attached hydrogen (secondary N) is 2. The van der Waals surface area contributed by atoms with Crippen molar-refractivity contribution in [1.82, 2.24) is 15.0 Å². The summed E-state index contributed by atoms with van der Waals surface area (Å²) in [6.07, 6.45) is 3.24. The van der Waals surface area contributed by atoms with E-state index in [0.717, 1.165) is 17.7 Å². The van der Waals surface area contributed by atoms with Crippen LogP contribution >= 0.6 is 0 Å². The molecule has 2 heterocycles. The van der Waals surface area contributed by atoms with Crippen LogP contribution in [0.5, 0.6) is 0 Å². The van der Waals surface area contributed by atoms with E-state index in [1.165, 1.54) is 0 Å². The molecule has 1 aromatic carbocycles. The highest BCUT2D eigenvalue weighted by atomic mass is 19.2. The van der Waals surface area contributed by atoms with E-state index in [0.29, 0.717) is 5.69 Å². The molecule has 0 aliphatic carbocycles. The summed E-state index contributed by atoms with van der Waals surface area (Å²) in [4.78, 5) is 12.4. The zero-order chi connectivity index (χ0) is 17.1. The summed E-state index contributed by atoms with van der Waals surface area (Å²) in [5.41, 5.74) is 1.03. The minimum Gasteiger partial charge on any atom is -0.357 e. The summed E-state index contributed by atoms with van der Waals surface area (Å²) < 4.78 is 40.2. The summed E-state index contributed by atoms with van der Waals surface area (Å²) >= 11 is 0. The third kappa shape index (κ3) is 3.12. The Bertz CT molecular complexity index is 871. The number of hydrogen-bond donors (Lipinski definition) is 2. The topological polar surface area (TPSA) is 62.7 Å². The molecule has 0 aliphatic rings. The van der Waals surface area contributed by atoms with Gasteiger partial charge in [-0.05, 0) is 24.3 Å². The van der Waals surface area contributed by atoms with Crippen LogP contribution in [0.4, 0.5) is 30.6 Å². The third-order valence-corrected chi connectivity index (χ3v) is 3.20. The molecule has 0 atom stereocenters. The molecule has 0 saturated heterocycles. The van der Waals surface area contributed by atoms with Gasteiger partial charge in [0.05, 0.1) is 11.4 Å². The van der Waals surface area contributed by atoms with E-state index in [1.54, 1.807) is 37.6 Å². The molecule has 122 valence electrons. The molecule has 0 bridgehead atoms. The zero-order valence-electron chi connectivity index (χ0n) is 12.5. The maximum Gasteiger partial charge on any atom is 0.224 e. The minimum absolute atomic E-state index is 0.220. The lowest BCUT2D eigenvalue weighted by molar-refractivity contribution is 0.449. The number of halogens is 3. The van der Waals surface area contributed by atoms with E-state index < -0.39 is 17.5 Å². The highest BCUT2D eigenvalue weighted by Crippen LogP contribution is 2.26. The molecule has 5 nitrogen and oxygen atoms in total. The Morgan fingerprint density at radius 3 is 2.54 bits per heavy atom. The van der Waals surface area contributed by atoms with E-state index in [4.69, 9.17) is 0 Å². The number of nitrogens with zero attached hydrogens (tertiary/aromatic N) is 3. The Morgan fingerprint density at radius 2 is 1.83 bits per heavy atom. The Labute approximate surface area is 135 Å². The first-order valence-electron chi connectivity index (χ1n) is 6.96. The van der Waals surface area contributed by atoms with Crippen LogP contribution in [-0.4, -0.2) is 22.0 Å². The molecule has 0 unspecified atom stereocenters. The van der Waals surface area contributed by atoms with Gasteiger partial charge in [-0.15, -0.1) is 0 Å². The van der Waals surface area contributed by atoms with E-state index in [-0.39, 0.29) is 17.5 Å². The van der Waals surface area contributed by atoms with E-state index >= 15 is 0 Å². The van der Waals surface area contributed by atoms with Gasteiger partial charge >= 0.3 is 0 Å². The second-order valence-corrected chi connectivity index (χ2v) is 4.80. The molecule has 24 heavy (non-hydrogen) atoms. The first kappa shape index (κ1) is 15.7. The number of pyridine rings is 1. The molecule has 2 N–H and O–H groups in total. The predicted molar refractivity (Wildman–Crippen MR) is 84.4 cm³/mol. The maximum absolute atomic E-state index is 13.8. The predicted octanol–water partition coefficient (Wildman–Crippen LogP) is 3.74. The van der Waals surface area contributed by atoms with Crippen LogP contribution in [0.2, 0.25) is 0 Å². The SMILES string of the molecule is CNc1nc(Nc2ccc(F)c(F)c2F)cc(-c2cccnc2)n1. The average Bonchev–Trinajstić information content (AvgIpc) is 2.62. The molecular weight excluding hydrogens is 319 g/mol. The smallest absolute Gasteiger partial charge is 0.224 e. The molecule has 0 saturated carbocycles. The van der Waals surface area contributed by atoms with E-state index in [2.05, 4.69) is 25.6 Å². The van der Waals surface area contributed by atoms with Gasteiger partial charge in [0.15, 0.2) is 17.5 Å². The minimum atomic E-state index is -1.55. The Balaban J connectivity index is 2.01. The molecule has 0 aliphatic heterocycles. The van der Waals surface area contributed by atoms with Crippen molar-refractivity contribution < 1.29 is 13.2 Å². The van der Waals surface area contributed by atoms with Gasteiger partial charge in [-0.3, -0.25) is 4.98 Å². The van der Waals surface area contributed by atoms with Gasteiger partial charge in [-0.1, -0.05) is 0 Å². The van der Waals surface area contributed by atoms with Gasteiger partial charge in [-0.2, -0.15) is 4.98 Å². The fourth-order valence-corrected chi connectivity index (χ4v) is 2.05. The first-order chi connectivity index (χ1) is 11.6. The molecule has 0 spiro atoms. The zero-order valence-corrected chi connectivity index (χ0v) is 12.5. The van der Waals surface area contributed by atoms with E-state index in [9.17, 15) is 13.2 Å². The van der Waals surface area contributed by atoms with Crippen molar-refractivity contribution in [1.29, 1.82) is 0 Å². The lowest BCUT2D eigenvalue weighted by Gasteiger charge is -2.11. The highest BCUT2D eigenvalue weighted by Gasteiger charge is 2.14. The van der Waals surface area contributed by atoms with Crippen molar-refractivity contribution in [2.24, 2.45) is 0 Å². The summed E-state index contributed by atoms with van der Waals surface area (Å²) in [6, 6.07) is 7.04. The van der Waals surface area contributed by atoms with Crippen molar-refractivity contribution in [2.45, 2.75) is 0 Å². The monoisotopic (exact) mass is 331 g/mol. The standard InChI is InChI=1S/C16H12F3N5/c1-20-16-23-12(9-3-2-6-21-8-9)7-13(24-16)22-11-5-4-10(17)14(18)15(11)19/h2-8H,1H3,(H2,20,22,23,24). The number of benzene rings is 1. The van der Waals surface area contributed by atoms with Gasteiger partial charge in [0, 0.05) is 31.1 Å². The summed E-state index contributed by atoms with van der Waals surface area (Å²) in [5.74, 6) is -3.62. The van der Waals surface area contributed by atoms with Crippen molar-refractivity contribution in [3.63, 3.8) is 0 Å². The quantitative estimate of drug-likeness (QED) is 0.713. The molecule has 0 fully saturated rings. The molecule has 2 aromatic heterocycles. The number of anilines is 3. The Kier molecular flexibility index (Phi) is 4.28. The largest absolute Gasteiger partial charge is 0.357 e. The van der Waals surface area contributed by atoms with Gasteiger partial charge in [0.2, 0.25) is 5.95 Å². The van der Waals surface area contributed by atoms with Crippen molar-refractivity contribution in [2.75, 3.05) is 17.7 Å². The average molecular weight is 331 g/mol. The second-order valence-electron chi connectivity index (χ2n) is 4.80. The Hall–Kier alpha value is -3.16. The summed E-state index contributed by atoms with van der Waals surface area (Å²) in [6.45, 7) is 0. The first-order valence-corrected chi connectivity index (χ1v) is 6.96. The fraction of sp³-hybridized carbons (Fsp3) is 0.0625. The van der Waals surface area contributed by atoms with Crippen LogP contribution in [0.15, 0.2) is 42.7 Å². The number of rotatable bonds is 4. The van der Waals surface area contributed by atoms with Crippen LogP contribution in [0.1, 0.15) is 0 Å². The third-order valence-electron chi connectivity index (χ3n) is 3.20. The van der Waals surface area contributed by atoms with E-state index in [1.807, 2.05) is 0 Å². The van der Waals surface area contributed by atoms with Gasteiger partial charge in [0.25, 0.3) is 0 Å². The molecule has 3 aromatic rings. The van der Waals surface area contributed by atoms with Crippen LogP contribution in [0.25, 0.3) is 11.3 Å². The summed E-state index contributed by atoms with van der Waals surface area (Å²) in [5, 5.41) is 5.42. The van der Waals surface area contributed by atoms with Crippen molar-refractivity contribution in [3.8, 4) is 11.3 Å². The highest BCUT2D eigenvalue weighted by molar-refractivity contribution is 5.67. The summed E-state index contributed by atoms with van der Waals surface area (Å²) in [7, 11) is 1.63. The van der Waals surface area contributed by atoms with Crippen LogP contribution < -0.4 is 10.6 Å².